The lowest BCUT2D eigenvalue weighted by atomic mass is 10.0. The van der Waals surface area contributed by atoms with Crippen LogP contribution in [0.25, 0.3) is 0 Å². The Hall–Kier alpha value is -1.32. The minimum Gasteiger partial charge on any atom is -0.496 e. The molecule has 2 nitrogen and oxygen atoms in total. The Morgan fingerprint density at radius 1 is 1.26 bits per heavy atom. The van der Waals surface area contributed by atoms with Crippen molar-refractivity contribution in [1.82, 2.24) is 0 Å². The monoisotopic (exact) mass is 338 g/mol. The molecule has 0 aliphatic rings. The second kappa shape index (κ2) is 6.22. The van der Waals surface area contributed by atoms with E-state index in [1.807, 2.05) is 30.3 Å². The molecule has 4 heteroatoms. The van der Waals surface area contributed by atoms with E-state index in [0.29, 0.717) is 17.0 Å². The molecule has 0 unspecified atom stereocenters. The first-order valence-electron chi connectivity index (χ1n) is 5.72. The molecule has 0 saturated carbocycles. The van der Waals surface area contributed by atoms with E-state index in [2.05, 4.69) is 15.9 Å². The second-order valence-electron chi connectivity index (χ2n) is 4.05. The number of hydrogen-bond acceptors (Lipinski definition) is 2. The van der Waals surface area contributed by atoms with E-state index < -0.39 is 0 Å². The van der Waals surface area contributed by atoms with E-state index in [4.69, 9.17) is 16.3 Å². The van der Waals surface area contributed by atoms with E-state index in [1.54, 1.807) is 19.2 Å². The van der Waals surface area contributed by atoms with E-state index in [-0.39, 0.29) is 5.78 Å². The normalized spacial score (nSPS) is 10.3. The summed E-state index contributed by atoms with van der Waals surface area (Å²) in [5.74, 6) is 0.747. The standard InChI is InChI=1S/C15H12BrClO2/c1-19-15-7-6-10(8-12(15)16)9-14(18)11-4-2-3-5-13(11)17/h2-8H,9H2,1H3. The Kier molecular flexibility index (Phi) is 4.61. The Balaban J connectivity index is 2.20. The Morgan fingerprint density at radius 3 is 2.63 bits per heavy atom. The number of carbonyl (C=O) groups excluding carboxylic acids is 1. The molecule has 0 fully saturated rings. The molecule has 98 valence electrons. The first-order valence-corrected chi connectivity index (χ1v) is 6.89. The molecule has 0 radical (unpaired) electrons. The molecule has 0 spiro atoms. The number of rotatable bonds is 4. The lowest BCUT2D eigenvalue weighted by Crippen LogP contribution is -2.04. The molecule has 2 aromatic rings. The van der Waals surface area contributed by atoms with Crippen LogP contribution in [0.1, 0.15) is 15.9 Å². The zero-order chi connectivity index (χ0) is 13.8. The van der Waals surface area contributed by atoms with Crippen molar-refractivity contribution >= 4 is 33.3 Å². The summed E-state index contributed by atoms with van der Waals surface area (Å²) in [6.45, 7) is 0. The fraction of sp³-hybridized carbons (Fsp3) is 0.133. The third-order valence-electron chi connectivity index (χ3n) is 2.76. The van der Waals surface area contributed by atoms with Crippen molar-refractivity contribution in [3.63, 3.8) is 0 Å². The molecule has 0 aliphatic carbocycles. The smallest absolute Gasteiger partial charge is 0.168 e. The number of ketones is 1. The lowest BCUT2D eigenvalue weighted by molar-refractivity contribution is 0.0993. The first-order chi connectivity index (χ1) is 9.11. The fourth-order valence-corrected chi connectivity index (χ4v) is 2.62. The average molecular weight is 340 g/mol. The summed E-state index contributed by atoms with van der Waals surface area (Å²) in [6, 6.07) is 12.7. The molecule has 2 aromatic carbocycles. The van der Waals surface area contributed by atoms with E-state index in [9.17, 15) is 4.79 Å². The molecule has 0 bridgehead atoms. The van der Waals surface area contributed by atoms with Crippen molar-refractivity contribution in [2.75, 3.05) is 7.11 Å². The zero-order valence-corrected chi connectivity index (χ0v) is 12.7. The van der Waals surface area contributed by atoms with Gasteiger partial charge in [0.25, 0.3) is 0 Å². The van der Waals surface area contributed by atoms with E-state index >= 15 is 0 Å². The predicted octanol–water partition coefficient (Wildman–Crippen LogP) is 4.54. The zero-order valence-electron chi connectivity index (χ0n) is 10.3. The number of hydrogen-bond donors (Lipinski definition) is 0. The molecule has 0 N–H and O–H groups in total. The maximum absolute atomic E-state index is 12.2. The largest absolute Gasteiger partial charge is 0.496 e. The molecule has 19 heavy (non-hydrogen) atoms. The molecular weight excluding hydrogens is 328 g/mol. The highest BCUT2D eigenvalue weighted by molar-refractivity contribution is 9.10. The van der Waals surface area contributed by atoms with Crippen molar-refractivity contribution in [3.8, 4) is 5.75 Å². The van der Waals surface area contributed by atoms with E-state index in [1.165, 1.54) is 0 Å². The summed E-state index contributed by atoms with van der Waals surface area (Å²) in [4.78, 5) is 12.2. The Morgan fingerprint density at radius 2 is 2.00 bits per heavy atom. The number of carbonyl (C=O) groups is 1. The van der Waals surface area contributed by atoms with Gasteiger partial charge in [0.05, 0.1) is 16.6 Å². The number of methoxy groups -OCH3 is 1. The summed E-state index contributed by atoms with van der Waals surface area (Å²) < 4.78 is 5.99. The van der Waals surface area contributed by atoms with Crippen molar-refractivity contribution < 1.29 is 9.53 Å². The van der Waals surface area contributed by atoms with Crippen molar-refractivity contribution in [1.29, 1.82) is 0 Å². The summed E-state index contributed by atoms with van der Waals surface area (Å²) in [5.41, 5.74) is 1.47. The van der Waals surface area contributed by atoms with Gasteiger partial charge in [0, 0.05) is 12.0 Å². The van der Waals surface area contributed by atoms with Gasteiger partial charge in [0.2, 0.25) is 0 Å². The maximum atomic E-state index is 12.2. The Labute approximate surface area is 125 Å². The van der Waals surface area contributed by atoms with Crippen LogP contribution in [0.4, 0.5) is 0 Å². The predicted molar refractivity (Wildman–Crippen MR) is 80.2 cm³/mol. The SMILES string of the molecule is COc1ccc(CC(=O)c2ccccc2Cl)cc1Br. The Bertz CT molecular complexity index is 611. The number of halogens is 2. The molecule has 0 heterocycles. The van der Waals surface area contributed by atoms with Crippen LogP contribution in [-0.4, -0.2) is 12.9 Å². The van der Waals surface area contributed by atoms with E-state index in [0.717, 1.165) is 15.8 Å². The van der Waals surface area contributed by atoms with Gasteiger partial charge in [-0.3, -0.25) is 4.79 Å². The highest BCUT2D eigenvalue weighted by Crippen LogP contribution is 2.26. The summed E-state index contributed by atoms with van der Waals surface area (Å²) in [7, 11) is 1.61. The average Bonchev–Trinajstić information content (AvgIpc) is 2.39. The summed E-state index contributed by atoms with van der Waals surface area (Å²) in [6.07, 6.45) is 0.312. The van der Waals surface area contributed by atoms with Gasteiger partial charge in [-0.15, -0.1) is 0 Å². The molecule has 0 saturated heterocycles. The van der Waals surface area contributed by atoms with Crippen LogP contribution in [0.2, 0.25) is 5.02 Å². The maximum Gasteiger partial charge on any atom is 0.168 e. The second-order valence-corrected chi connectivity index (χ2v) is 5.31. The van der Waals surface area contributed by atoms with Gasteiger partial charge < -0.3 is 4.74 Å². The molecular formula is C15H12BrClO2. The molecule has 0 amide bonds. The first kappa shape index (κ1) is 14.1. The third-order valence-corrected chi connectivity index (χ3v) is 3.70. The van der Waals surface area contributed by atoms with Crippen LogP contribution in [-0.2, 0) is 6.42 Å². The van der Waals surface area contributed by atoms with Crippen molar-refractivity contribution in [2.24, 2.45) is 0 Å². The fourth-order valence-electron chi connectivity index (χ4n) is 1.79. The van der Waals surface area contributed by atoms with Crippen LogP contribution in [0.3, 0.4) is 0 Å². The van der Waals surface area contributed by atoms with Crippen molar-refractivity contribution in [3.05, 3.63) is 63.1 Å². The summed E-state index contributed by atoms with van der Waals surface area (Å²) >= 11 is 9.42. The van der Waals surface area contributed by atoms with Gasteiger partial charge in [0.1, 0.15) is 5.75 Å². The molecule has 0 atom stereocenters. The third kappa shape index (κ3) is 3.37. The van der Waals surface area contributed by atoms with Gasteiger partial charge in [-0.2, -0.15) is 0 Å². The molecule has 0 aliphatic heterocycles. The molecule has 2 rings (SSSR count). The van der Waals surface area contributed by atoms with Gasteiger partial charge in [0.15, 0.2) is 5.78 Å². The highest BCUT2D eigenvalue weighted by atomic mass is 79.9. The van der Waals surface area contributed by atoms with Gasteiger partial charge in [-0.05, 0) is 45.8 Å². The van der Waals surface area contributed by atoms with Crippen LogP contribution < -0.4 is 4.74 Å². The van der Waals surface area contributed by atoms with Crippen LogP contribution >= 0.6 is 27.5 Å². The number of ether oxygens (including phenoxy) is 1. The minimum absolute atomic E-state index is 0.00247. The quantitative estimate of drug-likeness (QED) is 0.765. The number of Topliss-reactive ketones (excluding diaryl/α,β-unsaturated/α-hetero) is 1. The summed E-state index contributed by atoms with van der Waals surface area (Å²) in [5, 5.41) is 0.486. The van der Waals surface area contributed by atoms with Crippen molar-refractivity contribution in [2.45, 2.75) is 6.42 Å². The topological polar surface area (TPSA) is 26.3 Å². The lowest BCUT2D eigenvalue weighted by Gasteiger charge is -2.07. The van der Waals surface area contributed by atoms with Gasteiger partial charge in [-0.1, -0.05) is 29.8 Å². The van der Waals surface area contributed by atoms with Gasteiger partial charge >= 0.3 is 0 Å². The van der Waals surface area contributed by atoms with Crippen LogP contribution in [0.5, 0.6) is 5.75 Å². The van der Waals surface area contributed by atoms with Crippen LogP contribution in [0, 0.1) is 0 Å². The highest BCUT2D eigenvalue weighted by Gasteiger charge is 2.11. The minimum atomic E-state index is 0.00247. The van der Waals surface area contributed by atoms with Crippen LogP contribution in [0.15, 0.2) is 46.9 Å². The number of benzene rings is 2. The van der Waals surface area contributed by atoms with Gasteiger partial charge in [-0.25, -0.2) is 0 Å². The molecule has 0 aromatic heterocycles.